The SMILES string of the molecule is Cc1c(C=O)c(-c2nc3ccccc3s2)c(C)n1-c1ccc(I)cc1. The lowest BCUT2D eigenvalue weighted by molar-refractivity contribution is 0.112. The summed E-state index contributed by atoms with van der Waals surface area (Å²) in [5.41, 5.74) is 5.68. The van der Waals surface area contributed by atoms with E-state index < -0.39 is 0 Å². The number of carbonyl (C=O) groups excluding carboxylic acids is 1. The van der Waals surface area contributed by atoms with Crippen LogP contribution < -0.4 is 0 Å². The highest BCUT2D eigenvalue weighted by Crippen LogP contribution is 2.37. The van der Waals surface area contributed by atoms with Crippen LogP contribution in [0.1, 0.15) is 21.7 Å². The van der Waals surface area contributed by atoms with Crippen molar-refractivity contribution in [3.63, 3.8) is 0 Å². The van der Waals surface area contributed by atoms with Gasteiger partial charge >= 0.3 is 0 Å². The number of hydrogen-bond acceptors (Lipinski definition) is 3. The Kier molecular flexibility index (Phi) is 4.21. The number of carbonyl (C=O) groups is 1. The number of hydrogen-bond donors (Lipinski definition) is 0. The third-order valence-corrected chi connectivity index (χ3v) is 6.18. The minimum Gasteiger partial charge on any atom is -0.317 e. The molecule has 124 valence electrons. The summed E-state index contributed by atoms with van der Waals surface area (Å²) in [5.74, 6) is 0. The molecule has 0 saturated heterocycles. The fourth-order valence-corrected chi connectivity index (χ4v) is 4.67. The quantitative estimate of drug-likeness (QED) is 0.288. The Labute approximate surface area is 163 Å². The zero-order valence-corrected chi connectivity index (χ0v) is 16.8. The number of benzene rings is 2. The van der Waals surface area contributed by atoms with Crippen molar-refractivity contribution >= 4 is 50.4 Å². The Balaban J connectivity index is 1.98. The molecule has 2 aromatic heterocycles. The molecule has 4 rings (SSSR count). The Bertz CT molecular complexity index is 1060. The molecule has 0 radical (unpaired) electrons. The third-order valence-electron chi connectivity index (χ3n) is 4.40. The standard InChI is InChI=1S/C20H15IN2OS/c1-12-16(11-24)19(20-22-17-5-3-4-6-18(17)25-20)13(2)23(12)15-9-7-14(21)8-10-15/h3-11H,1-2H3. The van der Waals surface area contributed by atoms with E-state index in [0.29, 0.717) is 0 Å². The van der Waals surface area contributed by atoms with Gasteiger partial charge in [0.25, 0.3) is 0 Å². The summed E-state index contributed by atoms with van der Waals surface area (Å²) < 4.78 is 4.46. The molecule has 0 aliphatic heterocycles. The van der Waals surface area contributed by atoms with Crippen LogP contribution in [0.2, 0.25) is 0 Å². The van der Waals surface area contributed by atoms with E-state index >= 15 is 0 Å². The monoisotopic (exact) mass is 458 g/mol. The summed E-state index contributed by atoms with van der Waals surface area (Å²) in [6, 6.07) is 16.4. The first-order valence-electron chi connectivity index (χ1n) is 7.89. The number of aromatic nitrogens is 2. The first kappa shape index (κ1) is 16.5. The molecule has 0 fully saturated rings. The van der Waals surface area contributed by atoms with Gasteiger partial charge in [0, 0.05) is 31.8 Å². The van der Waals surface area contributed by atoms with Crippen LogP contribution in [0.5, 0.6) is 0 Å². The molecule has 0 spiro atoms. The van der Waals surface area contributed by atoms with Crippen LogP contribution in [0, 0.1) is 17.4 Å². The van der Waals surface area contributed by atoms with Gasteiger partial charge in [-0.3, -0.25) is 4.79 Å². The average molecular weight is 458 g/mol. The summed E-state index contributed by atoms with van der Waals surface area (Å²) in [7, 11) is 0. The summed E-state index contributed by atoms with van der Waals surface area (Å²) in [6.45, 7) is 4.05. The van der Waals surface area contributed by atoms with Crippen LogP contribution in [0.15, 0.2) is 48.5 Å². The molecule has 0 N–H and O–H groups in total. The predicted octanol–water partition coefficient (Wildman–Crippen LogP) is 5.79. The lowest BCUT2D eigenvalue weighted by Gasteiger charge is -2.09. The molecule has 3 nitrogen and oxygen atoms in total. The number of halogens is 1. The van der Waals surface area contributed by atoms with Gasteiger partial charge in [-0.1, -0.05) is 12.1 Å². The number of rotatable bonds is 3. The van der Waals surface area contributed by atoms with Crippen molar-refractivity contribution in [2.75, 3.05) is 0 Å². The molecule has 0 aliphatic carbocycles. The lowest BCUT2D eigenvalue weighted by Crippen LogP contribution is -1.99. The second-order valence-corrected chi connectivity index (χ2v) is 8.15. The van der Waals surface area contributed by atoms with E-state index in [4.69, 9.17) is 4.98 Å². The zero-order valence-electron chi connectivity index (χ0n) is 13.8. The van der Waals surface area contributed by atoms with Crippen molar-refractivity contribution < 1.29 is 4.79 Å². The molecule has 0 saturated carbocycles. The van der Waals surface area contributed by atoms with E-state index in [0.717, 1.165) is 49.7 Å². The largest absolute Gasteiger partial charge is 0.317 e. The lowest BCUT2D eigenvalue weighted by atomic mass is 10.1. The van der Waals surface area contributed by atoms with Crippen LogP contribution in [-0.4, -0.2) is 15.8 Å². The fourth-order valence-electron chi connectivity index (χ4n) is 3.23. The average Bonchev–Trinajstić information content (AvgIpc) is 3.14. The van der Waals surface area contributed by atoms with Gasteiger partial charge in [-0.15, -0.1) is 11.3 Å². The van der Waals surface area contributed by atoms with Gasteiger partial charge in [0.1, 0.15) is 5.01 Å². The summed E-state index contributed by atoms with van der Waals surface area (Å²) in [4.78, 5) is 16.6. The van der Waals surface area contributed by atoms with Crippen LogP contribution in [0.3, 0.4) is 0 Å². The second kappa shape index (κ2) is 6.38. The van der Waals surface area contributed by atoms with Crippen LogP contribution >= 0.6 is 33.9 Å². The Morgan fingerprint density at radius 3 is 2.44 bits per heavy atom. The first-order valence-corrected chi connectivity index (χ1v) is 9.78. The van der Waals surface area contributed by atoms with Gasteiger partial charge in [0.15, 0.2) is 6.29 Å². The molecule has 25 heavy (non-hydrogen) atoms. The summed E-state index contributed by atoms with van der Waals surface area (Å²) in [6.07, 6.45) is 0.951. The fraction of sp³-hybridized carbons (Fsp3) is 0.100. The van der Waals surface area contributed by atoms with Crippen molar-refractivity contribution in [2.24, 2.45) is 0 Å². The molecule has 2 heterocycles. The highest BCUT2D eigenvalue weighted by molar-refractivity contribution is 14.1. The highest BCUT2D eigenvalue weighted by atomic mass is 127. The van der Waals surface area contributed by atoms with Crippen LogP contribution in [-0.2, 0) is 0 Å². The highest BCUT2D eigenvalue weighted by Gasteiger charge is 2.22. The van der Waals surface area contributed by atoms with Gasteiger partial charge in [0.2, 0.25) is 0 Å². The Hall–Kier alpha value is -1.99. The van der Waals surface area contributed by atoms with E-state index in [1.54, 1.807) is 11.3 Å². The zero-order chi connectivity index (χ0) is 17.6. The minimum atomic E-state index is 0.718. The molecule has 0 unspecified atom stereocenters. The maximum absolute atomic E-state index is 11.8. The van der Waals surface area contributed by atoms with Gasteiger partial charge in [-0.25, -0.2) is 4.98 Å². The van der Waals surface area contributed by atoms with E-state index in [-0.39, 0.29) is 0 Å². The van der Waals surface area contributed by atoms with Gasteiger partial charge in [-0.05, 0) is 72.8 Å². The molecule has 2 aromatic carbocycles. The maximum atomic E-state index is 11.8. The number of nitrogens with zero attached hydrogens (tertiary/aromatic N) is 2. The Morgan fingerprint density at radius 1 is 1.04 bits per heavy atom. The van der Waals surface area contributed by atoms with Crippen molar-refractivity contribution in [1.29, 1.82) is 0 Å². The number of fused-ring (bicyclic) bond motifs is 1. The first-order chi connectivity index (χ1) is 12.1. The third kappa shape index (κ3) is 2.71. The molecule has 0 bridgehead atoms. The van der Waals surface area contributed by atoms with Crippen molar-refractivity contribution in [1.82, 2.24) is 9.55 Å². The van der Waals surface area contributed by atoms with Gasteiger partial charge in [-0.2, -0.15) is 0 Å². The van der Waals surface area contributed by atoms with Crippen molar-refractivity contribution in [2.45, 2.75) is 13.8 Å². The molecule has 4 aromatic rings. The molecule has 0 aliphatic rings. The molecular formula is C20H15IN2OS. The second-order valence-electron chi connectivity index (χ2n) is 5.88. The van der Waals surface area contributed by atoms with E-state index in [9.17, 15) is 4.79 Å². The smallest absolute Gasteiger partial charge is 0.152 e. The maximum Gasteiger partial charge on any atom is 0.152 e. The summed E-state index contributed by atoms with van der Waals surface area (Å²) in [5, 5.41) is 0.896. The summed E-state index contributed by atoms with van der Waals surface area (Å²) >= 11 is 3.93. The predicted molar refractivity (Wildman–Crippen MR) is 112 cm³/mol. The molecule has 5 heteroatoms. The van der Waals surface area contributed by atoms with Gasteiger partial charge in [0.05, 0.1) is 10.2 Å². The number of para-hydroxylation sites is 1. The molecular weight excluding hydrogens is 443 g/mol. The normalized spacial score (nSPS) is 11.2. The molecule has 0 amide bonds. The number of aldehydes is 1. The van der Waals surface area contributed by atoms with E-state index in [2.05, 4.69) is 64.4 Å². The minimum absolute atomic E-state index is 0.718. The van der Waals surface area contributed by atoms with E-state index in [1.165, 1.54) is 3.57 Å². The molecule has 0 atom stereocenters. The van der Waals surface area contributed by atoms with Crippen LogP contribution in [0.4, 0.5) is 0 Å². The number of thiazole rings is 1. The Morgan fingerprint density at radius 2 is 1.76 bits per heavy atom. The topological polar surface area (TPSA) is 34.9 Å². The van der Waals surface area contributed by atoms with Gasteiger partial charge < -0.3 is 4.57 Å². The van der Waals surface area contributed by atoms with Crippen LogP contribution in [0.25, 0.3) is 26.5 Å². The van der Waals surface area contributed by atoms with Crippen molar-refractivity contribution in [3.05, 3.63) is 69.1 Å². The van der Waals surface area contributed by atoms with E-state index in [1.807, 2.05) is 25.1 Å². The van der Waals surface area contributed by atoms with Crippen molar-refractivity contribution in [3.8, 4) is 16.3 Å².